The molecule has 0 N–H and O–H groups in total. The minimum absolute atomic E-state index is 0.250. The lowest BCUT2D eigenvalue weighted by molar-refractivity contribution is 0.105. The molecule has 0 saturated carbocycles. The Morgan fingerprint density at radius 3 is 1.76 bits per heavy atom. The Hall–Kier alpha value is -4.21. The fourth-order valence-electron chi connectivity index (χ4n) is 4.97. The number of amides is 1. The standard InChI is InChI=1S/C27H30N8O2/c1-2-37-27(36)35-17-15-34(16-18-35)26-25(30-22-9-5-6-10-23(22)31-26)33-13-11-32(12-14-33)24-19-28-20-7-3-4-8-21(20)29-24/h3-10,19H,2,11-18H2,1H3. The van der Waals surface area contributed by atoms with Crippen LogP contribution in [0.15, 0.2) is 54.7 Å². The molecule has 0 radical (unpaired) electrons. The van der Waals surface area contributed by atoms with Crippen molar-refractivity contribution in [2.24, 2.45) is 0 Å². The van der Waals surface area contributed by atoms with E-state index in [9.17, 15) is 4.79 Å². The second-order valence-electron chi connectivity index (χ2n) is 9.22. The van der Waals surface area contributed by atoms with Crippen molar-refractivity contribution >= 4 is 45.6 Å². The summed E-state index contributed by atoms with van der Waals surface area (Å²) in [5.41, 5.74) is 3.57. The minimum Gasteiger partial charge on any atom is -0.450 e. The van der Waals surface area contributed by atoms with E-state index in [1.807, 2.05) is 61.7 Å². The Labute approximate surface area is 215 Å². The molecule has 0 atom stereocenters. The van der Waals surface area contributed by atoms with Gasteiger partial charge in [0.25, 0.3) is 0 Å². The number of nitrogens with zero attached hydrogens (tertiary/aromatic N) is 8. The number of benzene rings is 2. The topological polar surface area (TPSA) is 90.8 Å². The van der Waals surface area contributed by atoms with Crippen LogP contribution in [0, 0.1) is 0 Å². The second kappa shape index (κ2) is 10.0. The number of anilines is 3. The van der Waals surface area contributed by atoms with Gasteiger partial charge in [0, 0.05) is 52.4 Å². The highest BCUT2D eigenvalue weighted by Gasteiger charge is 2.28. The zero-order chi connectivity index (χ0) is 25.2. The number of rotatable bonds is 4. The molecule has 0 unspecified atom stereocenters. The third-order valence-electron chi connectivity index (χ3n) is 6.98. The molecule has 0 bridgehead atoms. The SMILES string of the molecule is CCOC(=O)N1CCN(c2nc3ccccc3nc2N2CCN(c3cnc4ccccc4n3)CC2)CC1. The predicted molar refractivity (Wildman–Crippen MR) is 144 cm³/mol. The van der Waals surface area contributed by atoms with Crippen molar-refractivity contribution < 1.29 is 9.53 Å². The van der Waals surface area contributed by atoms with Gasteiger partial charge in [0.15, 0.2) is 11.6 Å². The van der Waals surface area contributed by atoms with Crippen molar-refractivity contribution in [1.29, 1.82) is 0 Å². The summed E-state index contributed by atoms with van der Waals surface area (Å²) in [5, 5.41) is 0. The Balaban J connectivity index is 1.22. The van der Waals surface area contributed by atoms with E-state index in [1.165, 1.54) is 0 Å². The van der Waals surface area contributed by atoms with E-state index in [1.54, 1.807) is 4.90 Å². The molecule has 1 amide bonds. The molecule has 2 aromatic heterocycles. The summed E-state index contributed by atoms with van der Waals surface area (Å²) < 4.78 is 5.19. The van der Waals surface area contributed by atoms with Crippen LogP contribution in [0.25, 0.3) is 22.1 Å². The molecule has 190 valence electrons. The van der Waals surface area contributed by atoms with E-state index in [2.05, 4.69) is 19.7 Å². The maximum atomic E-state index is 12.2. The summed E-state index contributed by atoms with van der Waals surface area (Å²) in [4.78, 5) is 40.3. The van der Waals surface area contributed by atoms with Crippen molar-refractivity contribution in [3.63, 3.8) is 0 Å². The van der Waals surface area contributed by atoms with Crippen molar-refractivity contribution in [3.05, 3.63) is 54.7 Å². The summed E-state index contributed by atoms with van der Waals surface area (Å²) in [6.45, 7) is 8.02. The molecule has 4 aromatic rings. The van der Waals surface area contributed by atoms with Gasteiger partial charge in [-0.3, -0.25) is 4.98 Å². The molecule has 10 nitrogen and oxygen atoms in total. The van der Waals surface area contributed by atoms with Crippen LogP contribution >= 0.6 is 0 Å². The summed E-state index contributed by atoms with van der Waals surface area (Å²) in [5.74, 6) is 2.67. The lowest BCUT2D eigenvalue weighted by Gasteiger charge is -2.39. The Bertz CT molecular complexity index is 1410. The van der Waals surface area contributed by atoms with Gasteiger partial charge in [0.2, 0.25) is 0 Å². The molecule has 10 heteroatoms. The fraction of sp³-hybridized carbons (Fsp3) is 0.370. The highest BCUT2D eigenvalue weighted by molar-refractivity contribution is 5.81. The summed E-state index contributed by atoms with van der Waals surface area (Å²) in [6.07, 6.45) is 1.61. The predicted octanol–water partition coefficient (Wildman–Crippen LogP) is 3.18. The van der Waals surface area contributed by atoms with Crippen LogP contribution in [0.3, 0.4) is 0 Å². The highest BCUT2D eigenvalue weighted by Crippen LogP contribution is 2.30. The van der Waals surface area contributed by atoms with Crippen LogP contribution < -0.4 is 14.7 Å². The van der Waals surface area contributed by atoms with E-state index in [-0.39, 0.29) is 6.09 Å². The fourth-order valence-corrected chi connectivity index (χ4v) is 4.97. The zero-order valence-electron chi connectivity index (χ0n) is 21.0. The van der Waals surface area contributed by atoms with Crippen molar-refractivity contribution in [2.45, 2.75) is 6.92 Å². The number of para-hydroxylation sites is 4. The molecule has 37 heavy (non-hydrogen) atoms. The summed E-state index contributed by atoms with van der Waals surface area (Å²) >= 11 is 0. The van der Waals surface area contributed by atoms with Gasteiger partial charge in [-0.05, 0) is 31.2 Å². The monoisotopic (exact) mass is 498 g/mol. The van der Waals surface area contributed by atoms with Crippen LogP contribution in [0.1, 0.15) is 6.92 Å². The lowest BCUT2D eigenvalue weighted by atomic mass is 10.2. The maximum Gasteiger partial charge on any atom is 0.409 e. The second-order valence-corrected chi connectivity index (χ2v) is 9.22. The highest BCUT2D eigenvalue weighted by atomic mass is 16.6. The van der Waals surface area contributed by atoms with Gasteiger partial charge in [0.05, 0.1) is 34.9 Å². The molecular formula is C27H30N8O2. The smallest absolute Gasteiger partial charge is 0.409 e. The first-order chi connectivity index (χ1) is 18.2. The molecule has 2 saturated heterocycles. The van der Waals surface area contributed by atoms with Crippen LogP contribution in [-0.2, 0) is 4.74 Å². The third kappa shape index (κ3) is 4.66. The van der Waals surface area contributed by atoms with Crippen LogP contribution in [0.2, 0.25) is 0 Å². The number of carbonyl (C=O) groups is 1. The number of hydrogen-bond acceptors (Lipinski definition) is 9. The Morgan fingerprint density at radius 1 is 0.703 bits per heavy atom. The minimum atomic E-state index is -0.250. The molecule has 2 aromatic carbocycles. The van der Waals surface area contributed by atoms with Crippen molar-refractivity contribution in [1.82, 2.24) is 24.8 Å². The van der Waals surface area contributed by atoms with Crippen LogP contribution in [-0.4, -0.2) is 89.9 Å². The van der Waals surface area contributed by atoms with E-state index < -0.39 is 0 Å². The van der Waals surface area contributed by atoms with Gasteiger partial charge in [-0.15, -0.1) is 0 Å². The van der Waals surface area contributed by atoms with Crippen LogP contribution in [0.4, 0.5) is 22.2 Å². The molecule has 2 aliphatic heterocycles. The number of fused-ring (bicyclic) bond motifs is 2. The maximum absolute atomic E-state index is 12.2. The average Bonchev–Trinajstić information content (AvgIpc) is 2.96. The molecule has 4 heterocycles. The molecule has 6 rings (SSSR count). The molecule has 0 aliphatic carbocycles. The summed E-state index contributed by atoms with van der Waals surface area (Å²) in [6, 6.07) is 15.9. The van der Waals surface area contributed by atoms with Gasteiger partial charge in [-0.25, -0.2) is 19.7 Å². The third-order valence-corrected chi connectivity index (χ3v) is 6.98. The Morgan fingerprint density at radius 2 is 1.19 bits per heavy atom. The first-order valence-electron chi connectivity index (χ1n) is 12.8. The Kier molecular flexibility index (Phi) is 6.30. The van der Waals surface area contributed by atoms with Gasteiger partial charge < -0.3 is 24.3 Å². The largest absolute Gasteiger partial charge is 0.450 e. The quantitative estimate of drug-likeness (QED) is 0.421. The zero-order valence-corrected chi connectivity index (χ0v) is 21.0. The number of carbonyl (C=O) groups excluding carboxylic acids is 1. The first kappa shape index (κ1) is 23.2. The van der Waals surface area contributed by atoms with Gasteiger partial charge in [-0.1, -0.05) is 24.3 Å². The van der Waals surface area contributed by atoms with Crippen LogP contribution in [0.5, 0.6) is 0 Å². The van der Waals surface area contributed by atoms with Gasteiger partial charge in [-0.2, -0.15) is 0 Å². The van der Waals surface area contributed by atoms with Gasteiger partial charge >= 0.3 is 6.09 Å². The van der Waals surface area contributed by atoms with Gasteiger partial charge in [0.1, 0.15) is 5.82 Å². The van der Waals surface area contributed by atoms with E-state index in [0.29, 0.717) is 32.8 Å². The molecule has 2 fully saturated rings. The molecule has 2 aliphatic rings. The van der Waals surface area contributed by atoms with E-state index in [0.717, 1.165) is 65.7 Å². The summed E-state index contributed by atoms with van der Waals surface area (Å²) in [7, 11) is 0. The average molecular weight is 499 g/mol. The molecule has 0 spiro atoms. The number of hydrogen-bond donors (Lipinski definition) is 0. The van der Waals surface area contributed by atoms with Crippen molar-refractivity contribution in [2.75, 3.05) is 73.7 Å². The first-order valence-corrected chi connectivity index (χ1v) is 12.8. The molecular weight excluding hydrogens is 468 g/mol. The number of ether oxygens (including phenoxy) is 1. The number of piperazine rings is 2. The van der Waals surface area contributed by atoms with E-state index >= 15 is 0 Å². The number of aromatic nitrogens is 4. The lowest BCUT2D eigenvalue weighted by Crippen LogP contribution is -2.51. The van der Waals surface area contributed by atoms with E-state index in [4.69, 9.17) is 19.7 Å². The normalized spacial score (nSPS) is 16.5. The van der Waals surface area contributed by atoms with Crippen molar-refractivity contribution in [3.8, 4) is 0 Å².